The Balaban J connectivity index is 1.92. The molecule has 0 unspecified atom stereocenters. The number of carbonyl (C=O) groups excluding carboxylic acids is 1. The number of ether oxygens (including phenoxy) is 1. The number of nitro benzene ring substituents is 1. The van der Waals surface area contributed by atoms with E-state index in [1.54, 1.807) is 6.07 Å². The average molecular weight is 443 g/mol. The first-order valence-corrected chi connectivity index (χ1v) is 9.31. The molecule has 0 saturated carbocycles. The molecule has 2 aromatic carbocycles. The van der Waals surface area contributed by atoms with Crippen molar-refractivity contribution in [2.24, 2.45) is 0 Å². The summed E-state index contributed by atoms with van der Waals surface area (Å²) in [7, 11) is 1.29. The van der Waals surface area contributed by atoms with Gasteiger partial charge in [0.15, 0.2) is 11.3 Å². The van der Waals surface area contributed by atoms with Gasteiger partial charge in [0.05, 0.1) is 18.1 Å². The van der Waals surface area contributed by atoms with Gasteiger partial charge in [-0.3, -0.25) is 14.9 Å². The van der Waals surface area contributed by atoms with E-state index in [4.69, 9.17) is 4.74 Å². The number of aromatic hydroxyl groups is 2. The summed E-state index contributed by atoms with van der Waals surface area (Å²) in [5.41, 5.74) is -0.353. The number of hydrogen-bond acceptors (Lipinski definition) is 8. The van der Waals surface area contributed by atoms with Gasteiger partial charge < -0.3 is 25.0 Å². The number of phenolic OH excluding ortho intramolecular Hbond substituents is 2. The number of rotatable bonds is 5. The van der Waals surface area contributed by atoms with Gasteiger partial charge in [-0.15, -0.1) is 0 Å². The van der Waals surface area contributed by atoms with Crippen LogP contribution < -0.4 is 0 Å². The Morgan fingerprint density at radius 1 is 1.31 bits per heavy atom. The van der Waals surface area contributed by atoms with Crippen molar-refractivity contribution in [2.75, 3.05) is 13.7 Å². The van der Waals surface area contributed by atoms with Crippen molar-refractivity contribution in [3.05, 3.63) is 68.0 Å². The molecule has 166 valence electrons. The molecule has 0 bridgehead atoms. The van der Waals surface area contributed by atoms with E-state index in [1.807, 2.05) is 0 Å². The van der Waals surface area contributed by atoms with Crippen LogP contribution in [-0.2, 0) is 29.1 Å². The highest BCUT2D eigenvalue weighted by atomic mass is 19.1. The molecule has 32 heavy (non-hydrogen) atoms. The Hall–Kier alpha value is -4.17. The molecule has 0 aliphatic carbocycles. The third kappa shape index (κ3) is 4.30. The van der Waals surface area contributed by atoms with Crippen LogP contribution in [0.1, 0.15) is 22.3 Å². The average Bonchev–Trinajstić information content (AvgIpc) is 2.76. The molecule has 0 aromatic heterocycles. The minimum Gasteiger partial charge on any atom is -0.506 e. The molecule has 0 atom stereocenters. The lowest BCUT2D eigenvalue weighted by atomic mass is 9.99. The zero-order chi connectivity index (χ0) is 23.6. The van der Waals surface area contributed by atoms with Crippen molar-refractivity contribution in [1.82, 2.24) is 4.90 Å². The monoisotopic (exact) mass is 443 g/mol. The van der Waals surface area contributed by atoms with E-state index >= 15 is 0 Å². The van der Waals surface area contributed by atoms with Gasteiger partial charge in [0, 0.05) is 30.8 Å². The Morgan fingerprint density at radius 2 is 2.03 bits per heavy atom. The SMILES string of the molecule is CN(Cc1cc2c(cc1F)CCOC2)C(=O)/C(C#N)=C(\O)c1cc(O)c(O)c([N+](=O)[O-])c1. The van der Waals surface area contributed by atoms with Crippen molar-refractivity contribution >= 4 is 17.4 Å². The van der Waals surface area contributed by atoms with Crippen molar-refractivity contribution in [2.45, 2.75) is 19.6 Å². The lowest BCUT2D eigenvalue weighted by Crippen LogP contribution is -2.28. The van der Waals surface area contributed by atoms with Crippen LogP contribution in [0.25, 0.3) is 5.76 Å². The van der Waals surface area contributed by atoms with E-state index < -0.39 is 50.7 Å². The number of halogens is 1. The standard InChI is InChI=1S/C21H18FN3O7/c1-24(9-13-4-14-10-32-3-2-11(14)5-16(13)22)21(29)15(8-23)19(27)12-6-17(25(30)31)20(28)18(26)7-12/h4-7,26-28H,2-3,9-10H2,1H3/b19-15-. The molecule has 3 N–H and O–H groups in total. The van der Waals surface area contributed by atoms with E-state index in [1.165, 1.54) is 19.2 Å². The van der Waals surface area contributed by atoms with E-state index in [0.29, 0.717) is 25.7 Å². The predicted octanol–water partition coefficient (Wildman–Crippen LogP) is 2.67. The number of phenols is 2. The van der Waals surface area contributed by atoms with Crippen LogP contribution in [0.2, 0.25) is 0 Å². The number of likely N-dealkylation sites (N-methyl/N-ethyl adjacent to an activating group) is 1. The number of nitrogens with zero attached hydrogens (tertiary/aromatic N) is 3. The van der Waals surface area contributed by atoms with Crippen molar-refractivity contribution in [3.8, 4) is 17.6 Å². The number of carbonyl (C=O) groups is 1. The number of aliphatic hydroxyl groups excluding tert-OH is 1. The fourth-order valence-corrected chi connectivity index (χ4v) is 3.31. The topological polar surface area (TPSA) is 157 Å². The number of aliphatic hydroxyl groups is 1. The first kappa shape index (κ1) is 22.5. The zero-order valence-corrected chi connectivity index (χ0v) is 16.8. The number of nitro groups is 1. The lowest BCUT2D eigenvalue weighted by molar-refractivity contribution is -0.386. The summed E-state index contributed by atoms with van der Waals surface area (Å²) in [5.74, 6) is -4.40. The molecule has 0 radical (unpaired) electrons. The fourth-order valence-electron chi connectivity index (χ4n) is 3.31. The molecule has 3 rings (SSSR count). The Bertz CT molecular complexity index is 1190. The minimum atomic E-state index is -1.03. The van der Waals surface area contributed by atoms with Crippen LogP contribution in [0.15, 0.2) is 29.8 Å². The van der Waals surface area contributed by atoms with Crippen molar-refractivity contribution in [1.29, 1.82) is 5.26 Å². The van der Waals surface area contributed by atoms with Crippen LogP contribution in [0.5, 0.6) is 11.5 Å². The molecular weight excluding hydrogens is 425 g/mol. The first-order chi connectivity index (χ1) is 15.1. The summed E-state index contributed by atoms with van der Waals surface area (Å²) >= 11 is 0. The van der Waals surface area contributed by atoms with E-state index in [9.17, 15) is 39.9 Å². The lowest BCUT2D eigenvalue weighted by Gasteiger charge is -2.21. The maximum Gasteiger partial charge on any atom is 0.315 e. The van der Waals surface area contributed by atoms with Crippen LogP contribution in [0.4, 0.5) is 10.1 Å². The maximum atomic E-state index is 14.5. The number of fused-ring (bicyclic) bond motifs is 1. The highest BCUT2D eigenvalue weighted by Gasteiger charge is 2.26. The highest BCUT2D eigenvalue weighted by Crippen LogP contribution is 2.38. The number of hydrogen-bond donors (Lipinski definition) is 3. The van der Waals surface area contributed by atoms with E-state index in [0.717, 1.165) is 22.1 Å². The second kappa shape index (κ2) is 8.91. The van der Waals surface area contributed by atoms with E-state index in [2.05, 4.69) is 0 Å². The summed E-state index contributed by atoms with van der Waals surface area (Å²) < 4.78 is 19.8. The molecule has 0 spiro atoms. The molecule has 0 saturated heterocycles. The summed E-state index contributed by atoms with van der Waals surface area (Å²) in [5, 5.41) is 50.1. The minimum absolute atomic E-state index is 0.180. The van der Waals surface area contributed by atoms with Crippen LogP contribution >= 0.6 is 0 Å². The van der Waals surface area contributed by atoms with Crippen molar-refractivity contribution in [3.63, 3.8) is 0 Å². The van der Waals surface area contributed by atoms with Gasteiger partial charge in [-0.05, 0) is 35.7 Å². The van der Waals surface area contributed by atoms with Gasteiger partial charge in [-0.1, -0.05) is 0 Å². The van der Waals surface area contributed by atoms with E-state index in [-0.39, 0.29) is 12.1 Å². The number of nitriles is 1. The number of benzene rings is 2. The summed E-state index contributed by atoms with van der Waals surface area (Å²) in [6.45, 7) is 0.579. The Morgan fingerprint density at radius 3 is 2.69 bits per heavy atom. The third-order valence-electron chi connectivity index (χ3n) is 5.00. The fraction of sp³-hybridized carbons (Fsp3) is 0.238. The first-order valence-electron chi connectivity index (χ1n) is 9.31. The van der Waals surface area contributed by atoms with Gasteiger partial charge in [-0.25, -0.2) is 4.39 Å². The third-order valence-corrected chi connectivity index (χ3v) is 5.00. The quantitative estimate of drug-likeness (QED) is 0.159. The van der Waals surface area contributed by atoms with Gasteiger partial charge in [-0.2, -0.15) is 5.26 Å². The van der Waals surface area contributed by atoms with Gasteiger partial charge in [0.2, 0.25) is 5.75 Å². The van der Waals surface area contributed by atoms with Crippen LogP contribution in [0, 0.1) is 27.3 Å². The maximum absolute atomic E-state index is 14.5. The molecule has 1 aliphatic rings. The largest absolute Gasteiger partial charge is 0.506 e. The number of amides is 1. The molecule has 1 amide bonds. The second-order valence-electron chi connectivity index (χ2n) is 7.13. The molecule has 1 heterocycles. The summed E-state index contributed by atoms with van der Waals surface area (Å²) in [6.07, 6.45) is 0.572. The molecule has 1 aliphatic heterocycles. The molecular formula is C21H18FN3O7. The summed E-state index contributed by atoms with van der Waals surface area (Å²) in [4.78, 5) is 23.8. The normalized spacial score (nSPS) is 13.5. The van der Waals surface area contributed by atoms with Crippen LogP contribution in [-0.4, -0.2) is 44.7 Å². The highest BCUT2D eigenvalue weighted by molar-refractivity contribution is 6.03. The summed E-state index contributed by atoms with van der Waals surface area (Å²) in [6, 6.07) is 5.95. The molecule has 2 aromatic rings. The molecule has 0 fully saturated rings. The molecule has 11 heteroatoms. The van der Waals surface area contributed by atoms with Crippen LogP contribution in [0.3, 0.4) is 0 Å². The van der Waals surface area contributed by atoms with Gasteiger partial charge in [0.1, 0.15) is 17.6 Å². The Kier molecular flexibility index (Phi) is 6.27. The van der Waals surface area contributed by atoms with Crippen molar-refractivity contribution < 1.29 is 34.2 Å². The Labute approximate surface area is 181 Å². The van der Waals surface area contributed by atoms with Gasteiger partial charge in [0.25, 0.3) is 5.91 Å². The second-order valence-corrected chi connectivity index (χ2v) is 7.13. The zero-order valence-electron chi connectivity index (χ0n) is 16.8. The van der Waals surface area contributed by atoms with Gasteiger partial charge >= 0.3 is 5.69 Å². The predicted molar refractivity (Wildman–Crippen MR) is 108 cm³/mol. The smallest absolute Gasteiger partial charge is 0.315 e. The molecule has 10 nitrogen and oxygen atoms in total.